The fourth-order valence-electron chi connectivity index (χ4n) is 3.48. The quantitative estimate of drug-likeness (QED) is 0.875. The zero-order valence-corrected chi connectivity index (χ0v) is 15.1. The lowest BCUT2D eigenvalue weighted by Crippen LogP contribution is -2.49. The molecule has 2 heterocycles. The summed E-state index contributed by atoms with van der Waals surface area (Å²) in [6.45, 7) is 0.871. The Morgan fingerprint density at radius 1 is 1.24 bits per heavy atom. The van der Waals surface area contributed by atoms with Gasteiger partial charge in [-0.15, -0.1) is 11.8 Å². The topological polar surface area (TPSA) is 60.9 Å². The Kier molecular flexibility index (Phi) is 6.15. The molecule has 0 saturated carbocycles. The van der Waals surface area contributed by atoms with Crippen molar-refractivity contribution in [1.29, 1.82) is 0 Å². The Balaban J connectivity index is 1.76. The summed E-state index contributed by atoms with van der Waals surface area (Å²) in [4.78, 5) is 28.8. The predicted octanol–water partition coefficient (Wildman–Crippen LogP) is 2.32. The normalized spacial score (nSPS) is 21.2. The zero-order chi connectivity index (χ0) is 17.6. The number of carbonyl (C=O) groups excluding carboxylic acids is 2. The summed E-state index contributed by atoms with van der Waals surface area (Å²) in [5.41, 5.74) is 1.74. The highest BCUT2D eigenvalue weighted by atomic mass is 32.2. The van der Waals surface area contributed by atoms with Gasteiger partial charge < -0.3 is 14.9 Å². The van der Waals surface area contributed by atoms with Crippen molar-refractivity contribution in [3.63, 3.8) is 0 Å². The highest BCUT2D eigenvalue weighted by Gasteiger charge is 2.31. The van der Waals surface area contributed by atoms with Crippen LogP contribution in [0.5, 0.6) is 0 Å². The van der Waals surface area contributed by atoms with Gasteiger partial charge in [0.05, 0.1) is 11.4 Å². The van der Waals surface area contributed by atoms with E-state index < -0.39 is 0 Å². The molecule has 1 atom stereocenters. The molecule has 2 aliphatic heterocycles. The first kappa shape index (κ1) is 18.0. The van der Waals surface area contributed by atoms with Gasteiger partial charge in [0, 0.05) is 19.2 Å². The van der Waals surface area contributed by atoms with Gasteiger partial charge in [0.15, 0.2) is 0 Å². The highest BCUT2D eigenvalue weighted by molar-refractivity contribution is 8.03. The van der Waals surface area contributed by atoms with E-state index in [-0.39, 0.29) is 31.0 Å². The van der Waals surface area contributed by atoms with Crippen LogP contribution in [0.4, 0.5) is 0 Å². The monoisotopic (exact) mass is 360 g/mol. The van der Waals surface area contributed by atoms with Crippen LogP contribution in [0.3, 0.4) is 0 Å². The van der Waals surface area contributed by atoms with Crippen molar-refractivity contribution in [1.82, 2.24) is 9.80 Å². The Hall–Kier alpha value is -1.79. The summed E-state index contributed by atoms with van der Waals surface area (Å²) in [6, 6.07) is 9.80. The van der Waals surface area contributed by atoms with Crippen LogP contribution in [0, 0.1) is 0 Å². The zero-order valence-electron chi connectivity index (χ0n) is 14.3. The molecule has 2 aliphatic rings. The number of amides is 2. The van der Waals surface area contributed by atoms with Gasteiger partial charge in [0.1, 0.15) is 6.54 Å². The number of aliphatic hydroxyl groups is 1. The average molecular weight is 360 g/mol. The highest BCUT2D eigenvalue weighted by Crippen LogP contribution is 2.29. The number of hydrogen-bond donors (Lipinski definition) is 1. The van der Waals surface area contributed by atoms with E-state index in [9.17, 15) is 14.7 Å². The van der Waals surface area contributed by atoms with Crippen LogP contribution in [0.2, 0.25) is 0 Å². The molecule has 0 bridgehead atoms. The second-order valence-electron chi connectivity index (χ2n) is 6.41. The minimum absolute atomic E-state index is 0.0276. The Morgan fingerprint density at radius 2 is 2.04 bits per heavy atom. The first-order chi connectivity index (χ1) is 12.2. The van der Waals surface area contributed by atoms with Crippen LogP contribution in [0.25, 0.3) is 5.70 Å². The molecule has 1 saturated heterocycles. The van der Waals surface area contributed by atoms with Gasteiger partial charge >= 0.3 is 0 Å². The molecule has 1 unspecified atom stereocenters. The maximum atomic E-state index is 12.9. The van der Waals surface area contributed by atoms with Crippen molar-refractivity contribution >= 4 is 29.3 Å². The summed E-state index contributed by atoms with van der Waals surface area (Å²) in [6.07, 6.45) is 3.61. The lowest BCUT2D eigenvalue weighted by molar-refractivity contribution is -0.139. The first-order valence-corrected chi connectivity index (χ1v) is 9.83. The maximum absolute atomic E-state index is 12.9. The van der Waals surface area contributed by atoms with E-state index in [1.54, 1.807) is 4.90 Å². The molecule has 1 N–H and O–H groups in total. The Labute approximate surface area is 152 Å². The van der Waals surface area contributed by atoms with Gasteiger partial charge in [0.2, 0.25) is 11.8 Å². The number of carbonyl (C=O) groups is 2. The average Bonchev–Trinajstić information content (AvgIpc) is 2.65. The van der Waals surface area contributed by atoms with E-state index in [1.807, 2.05) is 40.6 Å². The summed E-state index contributed by atoms with van der Waals surface area (Å²) in [5, 5.41) is 11.2. The van der Waals surface area contributed by atoms with Gasteiger partial charge in [-0.25, -0.2) is 0 Å². The predicted molar refractivity (Wildman–Crippen MR) is 99.6 cm³/mol. The molecule has 0 radical (unpaired) electrons. The number of rotatable bonds is 5. The van der Waals surface area contributed by atoms with E-state index in [2.05, 4.69) is 0 Å². The molecule has 0 aliphatic carbocycles. The molecule has 134 valence electrons. The van der Waals surface area contributed by atoms with Crippen molar-refractivity contribution in [2.75, 3.05) is 25.4 Å². The van der Waals surface area contributed by atoms with Crippen LogP contribution < -0.4 is 0 Å². The van der Waals surface area contributed by atoms with E-state index in [0.717, 1.165) is 30.5 Å². The first-order valence-electron chi connectivity index (χ1n) is 8.78. The number of nitrogens with zero attached hydrogens (tertiary/aromatic N) is 2. The second kappa shape index (κ2) is 8.54. The van der Waals surface area contributed by atoms with Crippen molar-refractivity contribution in [2.24, 2.45) is 0 Å². The van der Waals surface area contributed by atoms with Crippen molar-refractivity contribution < 1.29 is 14.7 Å². The Bertz CT molecular complexity index is 645. The lowest BCUT2D eigenvalue weighted by Gasteiger charge is -2.37. The van der Waals surface area contributed by atoms with Crippen LogP contribution in [0.15, 0.2) is 35.7 Å². The van der Waals surface area contributed by atoms with Gasteiger partial charge in [-0.2, -0.15) is 0 Å². The molecular formula is C19H24N2O3S. The number of benzene rings is 1. The molecule has 6 heteroatoms. The van der Waals surface area contributed by atoms with Crippen LogP contribution in [-0.2, 0) is 9.59 Å². The fraction of sp³-hybridized carbons (Fsp3) is 0.474. The van der Waals surface area contributed by atoms with Gasteiger partial charge in [-0.1, -0.05) is 30.3 Å². The van der Waals surface area contributed by atoms with Gasteiger partial charge in [-0.05, 0) is 36.7 Å². The summed E-state index contributed by atoms with van der Waals surface area (Å²) >= 11 is 1.47. The second-order valence-corrected chi connectivity index (χ2v) is 7.27. The van der Waals surface area contributed by atoms with Crippen molar-refractivity contribution in [2.45, 2.75) is 31.7 Å². The van der Waals surface area contributed by atoms with Crippen molar-refractivity contribution in [3.05, 3.63) is 41.3 Å². The van der Waals surface area contributed by atoms with Crippen LogP contribution in [-0.4, -0.2) is 58.2 Å². The molecular weight excluding hydrogens is 336 g/mol. The molecule has 1 aromatic rings. The summed E-state index contributed by atoms with van der Waals surface area (Å²) < 4.78 is 0. The molecule has 0 aromatic heterocycles. The molecule has 1 fully saturated rings. The van der Waals surface area contributed by atoms with Gasteiger partial charge in [0.25, 0.3) is 0 Å². The largest absolute Gasteiger partial charge is 0.396 e. The van der Waals surface area contributed by atoms with Gasteiger partial charge in [-0.3, -0.25) is 9.59 Å². The Morgan fingerprint density at radius 3 is 2.80 bits per heavy atom. The lowest BCUT2D eigenvalue weighted by atomic mass is 9.99. The number of aliphatic hydroxyl groups excluding tert-OH is 1. The number of hydrogen-bond acceptors (Lipinski definition) is 4. The third kappa shape index (κ3) is 4.25. The molecule has 2 amide bonds. The van der Waals surface area contributed by atoms with E-state index in [4.69, 9.17) is 0 Å². The number of likely N-dealkylation sites (tertiary alicyclic amines) is 1. The standard InChI is InChI=1S/C19H24N2O3S/c22-11-9-16-8-4-5-10-20(16)18(23)12-21-17(13-25-14-19(21)24)15-6-2-1-3-7-15/h1-3,6-7,13,16,22H,4-5,8-12,14H2. The third-order valence-electron chi connectivity index (χ3n) is 4.77. The smallest absolute Gasteiger partial charge is 0.242 e. The van der Waals surface area contributed by atoms with E-state index in [0.29, 0.717) is 18.7 Å². The van der Waals surface area contributed by atoms with Crippen LogP contribution >= 0.6 is 11.8 Å². The minimum atomic E-state index is -0.0320. The minimum Gasteiger partial charge on any atom is -0.396 e. The summed E-state index contributed by atoms with van der Waals surface area (Å²) in [5.74, 6) is 0.305. The molecule has 3 rings (SSSR count). The van der Waals surface area contributed by atoms with Crippen LogP contribution in [0.1, 0.15) is 31.2 Å². The molecule has 5 nitrogen and oxygen atoms in total. The third-order valence-corrected chi connectivity index (χ3v) is 5.57. The van der Waals surface area contributed by atoms with E-state index in [1.165, 1.54) is 11.8 Å². The molecule has 25 heavy (non-hydrogen) atoms. The number of piperidine rings is 1. The maximum Gasteiger partial charge on any atom is 0.242 e. The molecule has 1 aromatic carbocycles. The molecule has 0 spiro atoms. The van der Waals surface area contributed by atoms with E-state index >= 15 is 0 Å². The fourth-order valence-corrected chi connectivity index (χ4v) is 4.28. The van der Waals surface area contributed by atoms with Crippen molar-refractivity contribution in [3.8, 4) is 0 Å². The SMILES string of the molecule is O=C1CSC=C(c2ccccc2)N1CC(=O)N1CCCCC1CCO. The number of thioether (sulfide) groups is 1. The summed E-state index contributed by atoms with van der Waals surface area (Å²) in [7, 11) is 0.